The first kappa shape index (κ1) is 17.8. The summed E-state index contributed by atoms with van der Waals surface area (Å²) in [7, 11) is 2.09. The SMILES string of the molecule is CC(=O)c1cnc(N2CCC(CNCc3ccc4ccn(C)c4c3)CC2)[nH]1. The Morgan fingerprint density at radius 1 is 1.30 bits per heavy atom. The van der Waals surface area contributed by atoms with Crippen LogP contribution < -0.4 is 10.2 Å². The van der Waals surface area contributed by atoms with E-state index in [2.05, 4.69) is 62.3 Å². The highest BCUT2D eigenvalue weighted by Crippen LogP contribution is 2.21. The Hall–Kier alpha value is -2.60. The van der Waals surface area contributed by atoms with Gasteiger partial charge in [-0.2, -0.15) is 0 Å². The van der Waals surface area contributed by atoms with Gasteiger partial charge in [-0.25, -0.2) is 4.98 Å². The van der Waals surface area contributed by atoms with E-state index in [9.17, 15) is 4.79 Å². The fourth-order valence-corrected chi connectivity index (χ4v) is 3.84. The lowest BCUT2D eigenvalue weighted by Gasteiger charge is -2.31. The molecule has 1 aliphatic rings. The standard InChI is InChI=1S/C21H27N5O/c1-15(27)19-14-23-21(24-19)26-9-5-16(6-10-26)12-22-13-17-3-4-18-7-8-25(2)20(18)11-17/h3-4,7-8,11,14,16,22H,5-6,9-10,12-13H2,1-2H3,(H,23,24). The van der Waals surface area contributed by atoms with Crippen LogP contribution in [0.15, 0.2) is 36.7 Å². The Bertz CT molecular complexity index is 933. The molecule has 6 nitrogen and oxygen atoms in total. The first-order chi connectivity index (χ1) is 13.1. The van der Waals surface area contributed by atoms with Crippen LogP contribution in [0.1, 0.15) is 35.8 Å². The molecule has 0 atom stereocenters. The molecule has 27 heavy (non-hydrogen) atoms. The van der Waals surface area contributed by atoms with E-state index in [0.29, 0.717) is 11.6 Å². The number of fused-ring (bicyclic) bond motifs is 1. The van der Waals surface area contributed by atoms with Gasteiger partial charge >= 0.3 is 0 Å². The van der Waals surface area contributed by atoms with Crippen LogP contribution in [0.25, 0.3) is 10.9 Å². The summed E-state index contributed by atoms with van der Waals surface area (Å²) in [6.45, 7) is 5.46. The number of nitrogens with one attached hydrogen (secondary N) is 2. The molecule has 0 radical (unpaired) electrons. The quantitative estimate of drug-likeness (QED) is 0.659. The fraction of sp³-hybridized carbons (Fsp3) is 0.429. The number of aromatic amines is 1. The van der Waals surface area contributed by atoms with E-state index in [1.807, 2.05) is 0 Å². The lowest BCUT2D eigenvalue weighted by Crippen LogP contribution is -2.37. The van der Waals surface area contributed by atoms with Gasteiger partial charge < -0.3 is 19.8 Å². The predicted octanol–water partition coefficient (Wildman–Crippen LogP) is 3.11. The average Bonchev–Trinajstić information content (AvgIpc) is 3.30. The summed E-state index contributed by atoms with van der Waals surface area (Å²) >= 11 is 0. The van der Waals surface area contributed by atoms with Gasteiger partial charge in [-0.05, 0) is 48.4 Å². The summed E-state index contributed by atoms with van der Waals surface area (Å²) < 4.78 is 2.17. The van der Waals surface area contributed by atoms with Crippen LogP contribution >= 0.6 is 0 Å². The number of benzene rings is 1. The van der Waals surface area contributed by atoms with Crippen molar-refractivity contribution < 1.29 is 4.79 Å². The summed E-state index contributed by atoms with van der Waals surface area (Å²) in [6.07, 6.45) is 6.02. The van der Waals surface area contributed by atoms with Crippen molar-refractivity contribution in [3.8, 4) is 0 Å². The summed E-state index contributed by atoms with van der Waals surface area (Å²) in [4.78, 5) is 21.1. The monoisotopic (exact) mass is 365 g/mol. The zero-order valence-electron chi connectivity index (χ0n) is 16.0. The van der Waals surface area contributed by atoms with Crippen molar-refractivity contribution in [2.75, 3.05) is 24.5 Å². The van der Waals surface area contributed by atoms with Crippen LogP contribution in [0.5, 0.6) is 0 Å². The molecule has 2 aromatic heterocycles. The molecule has 2 N–H and O–H groups in total. The van der Waals surface area contributed by atoms with Crippen LogP contribution in [0, 0.1) is 5.92 Å². The third kappa shape index (κ3) is 3.90. The highest BCUT2D eigenvalue weighted by atomic mass is 16.1. The Labute approximate surface area is 159 Å². The van der Waals surface area contributed by atoms with Gasteiger partial charge in [0.25, 0.3) is 0 Å². The summed E-state index contributed by atoms with van der Waals surface area (Å²) in [5.41, 5.74) is 3.20. The van der Waals surface area contributed by atoms with Crippen LogP contribution in [-0.4, -0.2) is 40.0 Å². The number of Topliss-reactive ketones (excluding diaryl/α,β-unsaturated/α-hetero) is 1. The van der Waals surface area contributed by atoms with E-state index < -0.39 is 0 Å². The highest BCUT2D eigenvalue weighted by molar-refractivity contribution is 5.92. The third-order valence-corrected chi connectivity index (χ3v) is 5.57. The second-order valence-corrected chi connectivity index (χ2v) is 7.56. The largest absolute Gasteiger partial charge is 0.351 e. The van der Waals surface area contributed by atoms with Crippen molar-refractivity contribution >= 4 is 22.6 Å². The molecule has 0 aliphatic carbocycles. The van der Waals surface area contributed by atoms with Crippen molar-refractivity contribution in [2.45, 2.75) is 26.3 Å². The number of nitrogens with zero attached hydrogens (tertiary/aromatic N) is 3. The van der Waals surface area contributed by atoms with Gasteiger partial charge in [0.15, 0.2) is 5.78 Å². The number of ketones is 1. The summed E-state index contributed by atoms with van der Waals surface area (Å²) in [6, 6.07) is 8.83. The maximum atomic E-state index is 11.4. The van der Waals surface area contributed by atoms with E-state index in [4.69, 9.17) is 0 Å². The van der Waals surface area contributed by atoms with Gasteiger partial charge in [-0.3, -0.25) is 4.79 Å². The number of imidazole rings is 1. The number of anilines is 1. The Kier molecular flexibility index (Phi) is 4.99. The van der Waals surface area contributed by atoms with Gasteiger partial charge in [-0.15, -0.1) is 0 Å². The summed E-state index contributed by atoms with van der Waals surface area (Å²) in [5.74, 6) is 1.53. The minimum atomic E-state index is 0.0290. The lowest BCUT2D eigenvalue weighted by atomic mass is 9.97. The highest BCUT2D eigenvalue weighted by Gasteiger charge is 2.21. The van der Waals surface area contributed by atoms with Crippen LogP contribution in [0.4, 0.5) is 5.95 Å². The average molecular weight is 365 g/mol. The van der Waals surface area contributed by atoms with Crippen molar-refractivity contribution in [2.24, 2.45) is 13.0 Å². The molecule has 0 spiro atoms. The first-order valence-corrected chi connectivity index (χ1v) is 9.66. The molecule has 0 saturated carbocycles. The van der Waals surface area contributed by atoms with Gasteiger partial charge in [0.1, 0.15) is 5.69 Å². The van der Waals surface area contributed by atoms with Crippen molar-refractivity contribution in [1.82, 2.24) is 19.9 Å². The van der Waals surface area contributed by atoms with Crippen LogP contribution in [0.3, 0.4) is 0 Å². The number of carbonyl (C=O) groups is 1. The van der Waals surface area contributed by atoms with Crippen LogP contribution in [0.2, 0.25) is 0 Å². The lowest BCUT2D eigenvalue weighted by molar-refractivity contribution is 0.101. The van der Waals surface area contributed by atoms with E-state index >= 15 is 0 Å². The number of hydrogen-bond donors (Lipinski definition) is 2. The smallest absolute Gasteiger partial charge is 0.203 e. The molecular formula is C21H27N5O. The van der Waals surface area contributed by atoms with E-state index in [1.54, 1.807) is 13.1 Å². The molecular weight excluding hydrogens is 338 g/mol. The zero-order chi connectivity index (χ0) is 18.8. The van der Waals surface area contributed by atoms with Gasteiger partial charge in [0.2, 0.25) is 5.95 Å². The predicted molar refractivity (Wildman–Crippen MR) is 108 cm³/mol. The molecule has 3 aromatic rings. The maximum absolute atomic E-state index is 11.4. The molecule has 1 aliphatic heterocycles. The third-order valence-electron chi connectivity index (χ3n) is 5.57. The number of aromatic nitrogens is 3. The van der Waals surface area contributed by atoms with Gasteiger partial charge in [0, 0.05) is 45.3 Å². The van der Waals surface area contributed by atoms with Crippen LogP contribution in [-0.2, 0) is 13.6 Å². The van der Waals surface area contributed by atoms with E-state index in [1.165, 1.54) is 16.5 Å². The normalized spacial score (nSPS) is 15.6. The van der Waals surface area contributed by atoms with Crippen molar-refractivity contribution in [3.05, 3.63) is 47.9 Å². The number of aryl methyl sites for hydroxylation is 1. The molecule has 1 saturated heterocycles. The molecule has 0 unspecified atom stereocenters. The number of carbonyl (C=O) groups excluding carboxylic acids is 1. The number of piperidine rings is 1. The van der Waals surface area contributed by atoms with Gasteiger partial charge in [-0.1, -0.05) is 12.1 Å². The molecule has 1 aromatic carbocycles. The Morgan fingerprint density at radius 3 is 2.85 bits per heavy atom. The molecule has 142 valence electrons. The van der Waals surface area contributed by atoms with Crippen molar-refractivity contribution in [1.29, 1.82) is 0 Å². The Balaban J connectivity index is 1.25. The molecule has 1 fully saturated rings. The van der Waals surface area contributed by atoms with E-state index in [0.717, 1.165) is 45.0 Å². The molecule has 3 heterocycles. The zero-order valence-corrected chi connectivity index (χ0v) is 16.0. The fourth-order valence-electron chi connectivity index (χ4n) is 3.84. The molecule has 4 rings (SSSR count). The topological polar surface area (TPSA) is 66.0 Å². The second kappa shape index (κ2) is 7.56. The Morgan fingerprint density at radius 2 is 2.11 bits per heavy atom. The molecule has 6 heteroatoms. The number of rotatable bonds is 6. The molecule has 0 amide bonds. The van der Waals surface area contributed by atoms with E-state index in [-0.39, 0.29) is 5.78 Å². The van der Waals surface area contributed by atoms with Crippen molar-refractivity contribution in [3.63, 3.8) is 0 Å². The number of hydrogen-bond acceptors (Lipinski definition) is 4. The minimum Gasteiger partial charge on any atom is -0.351 e. The second-order valence-electron chi connectivity index (χ2n) is 7.56. The first-order valence-electron chi connectivity index (χ1n) is 9.66. The van der Waals surface area contributed by atoms with Gasteiger partial charge in [0.05, 0.1) is 6.20 Å². The maximum Gasteiger partial charge on any atom is 0.203 e. The molecule has 0 bridgehead atoms. The minimum absolute atomic E-state index is 0.0290. The number of H-pyrrole nitrogens is 1. The summed E-state index contributed by atoms with van der Waals surface area (Å²) in [5, 5.41) is 4.92.